The fourth-order valence-electron chi connectivity index (χ4n) is 1.87. The average Bonchev–Trinajstić information content (AvgIpc) is 2.78. The van der Waals surface area contributed by atoms with Gasteiger partial charge < -0.3 is 10.6 Å². The number of nitrogens with zero attached hydrogens (tertiary/aromatic N) is 1. The van der Waals surface area contributed by atoms with Crippen molar-refractivity contribution in [2.24, 2.45) is 0 Å². The van der Waals surface area contributed by atoms with Crippen LogP contribution < -0.4 is 10.6 Å². The number of para-hydroxylation sites is 1. The second kappa shape index (κ2) is 7.76. The van der Waals surface area contributed by atoms with Crippen LogP contribution in [0.15, 0.2) is 24.3 Å². The van der Waals surface area contributed by atoms with E-state index in [4.69, 9.17) is 0 Å². The quantitative estimate of drug-likeness (QED) is 0.699. The Balaban J connectivity index is 0.00000180. The summed E-state index contributed by atoms with van der Waals surface area (Å²) in [7, 11) is 1.90. The van der Waals surface area contributed by atoms with Crippen LogP contribution in [0.25, 0.3) is 10.9 Å². The van der Waals surface area contributed by atoms with Crippen LogP contribution >= 0.6 is 12.4 Å². The molecule has 0 saturated heterocycles. The minimum absolute atomic E-state index is 0. The molecule has 0 unspecified atom stereocenters. The first kappa shape index (κ1) is 15.5. The Morgan fingerprint density at radius 2 is 2.11 bits per heavy atom. The van der Waals surface area contributed by atoms with Gasteiger partial charge in [-0.25, -0.2) is 0 Å². The summed E-state index contributed by atoms with van der Waals surface area (Å²) in [6.45, 7) is 1.61. The highest BCUT2D eigenvalue weighted by Crippen LogP contribution is 2.15. The largest absolute Gasteiger partial charge is 0.356 e. The molecule has 2 aromatic rings. The van der Waals surface area contributed by atoms with E-state index in [2.05, 4.69) is 20.8 Å². The number of carbonyl (C=O) groups excluding carboxylic acids is 1. The number of amides is 1. The van der Waals surface area contributed by atoms with Gasteiger partial charge in [0.05, 0.1) is 17.6 Å². The van der Waals surface area contributed by atoms with Gasteiger partial charge in [-0.15, -0.1) is 12.4 Å². The van der Waals surface area contributed by atoms with Crippen LogP contribution in [-0.4, -0.2) is 36.2 Å². The number of halogens is 1. The van der Waals surface area contributed by atoms with Crippen LogP contribution in [0.1, 0.15) is 12.1 Å². The molecule has 19 heavy (non-hydrogen) atoms. The monoisotopic (exact) mass is 282 g/mol. The maximum Gasteiger partial charge on any atom is 0.226 e. The van der Waals surface area contributed by atoms with E-state index < -0.39 is 0 Å². The first-order valence-corrected chi connectivity index (χ1v) is 6.14. The Morgan fingerprint density at radius 3 is 2.89 bits per heavy atom. The van der Waals surface area contributed by atoms with E-state index in [1.165, 1.54) is 0 Å². The van der Waals surface area contributed by atoms with Gasteiger partial charge in [0, 0.05) is 11.9 Å². The van der Waals surface area contributed by atoms with Crippen LogP contribution in [-0.2, 0) is 11.2 Å². The molecule has 0 radical (unpaired) electrons. The molecular formula is C13H19ClN4O. The summed E-state index contributed by atoms with van der Waals surface area (Å²) < 4.78 is 0. The lowest BCUT2D eigenvalue weighted by atomic mass is 10.1. The number of benzene rings is 1. The molecule has 0 fully saturated rings. The standard InChI is InChI=1S/C13H18N4O.ClH/c1-14-7-4-8-15-13(18)9-12-10-5-2-3-6-11(10)16-17-12;/h2-3,5-6,14H,4,7-9H2,1H3,(H,15,18)(H,16,17);1H. The van der Waals surface area contributed by atoms with Crippen LogP contribution in [0.2, 0.25) is 0 Å². The van der Waals surface area contributed by atoms with Crippen molar-refractivity contribution in [1.82, 2.24) is 20.8 Å². The van der Waals surface area contributed by atoms with Crippen molar-refractivity contribution >= 4 is 29.2 Å². The average molecular weight is 283 g/mol. The highest BCUT2D eigenvalue weighted by atomic mass is 35.5. The molecular weight excluding hydrogens is 264 g/mol. The SMILES string of the molecule is CNCCCNC(=O)Cc1[nH]nc2ccccc12.Cl. The Kier molecular flexibility index (Phi) is 6.32. The smallest absolute Gasteiger partial charge is 0.226 e. The summed E-state index contributed by atoms with van der Waals surface area (Å²) in [6, 6.07) is 7.79. The molecule has 0 aliphatic carbocycles. The number of H-pyrrole nitrogens is 1. The second-order valence-corrected chi connectivity index (χ2v) is 4.20. The second-order valence-electron chi connectivity index (χ2n) is 4.20. The van der Waals surface area contributed by atoms with Gasteiger partial charge in [0.15, 0.2) is 0 Å². The van der Waals surface area contributed by atoms with Gasteiger partial charge in [0.1, 0.15) is 0 Å². The third-order valence-electron chi connectivity index (χ3n) is 2.80. The van der Waals surface area contributed by atoms with Crippen molar-refractivity contribution < 1.29 is 4.79 Å². The van der Waals surface area contributed by atoms with E-state index in [0.717, 1.165) is 29.6 Å². The molecule has 0 saturated carbocycles. The first-order valence-electron chi connectivity index (χ1n) is 6.14. The van der Waals surface area contributed by atoms with Gasteiger partial charge in [0.2, 0.25) is 5.91 Å². The van der Waals surface area contributed by atoms with Crippen molar-refractivity contribution in [3.63, 3.8) is 0 Å². The molecule has 0 aliphatic heterocycles. The molecule has 1 aromatic heterocycles. The van der Waals surface area contributed by atoms with Crippen molar-refractivity contribution in [3.05, 3.63) is 30.0 Å². The molecule has 3 N–H and O–H groups in total. The van der Waals surface area contributed by atoms with Crippen LogP contribution in [0.3, 0.4) is 0 Å². The molecule has 5 nitrogen and oxygen atoms in total. The van der Waals surface area contributed by atoms with Gasteiger partial charge in [-0.1, -0.05) is 18.2 Å². The highest BCUT2D eigenvalue weighted by molar-refractivity contribution is 5.87. The minimum Gasteiger partial charge on any atom is -0.356 e. The van der Waals surface area contributed by atoms with E-state index in [1.54, 1.807) is 0 Å². The highest BCUT2D eigenvalue weighted by Gasteiger charge is 2.08. The van der Waals surface area contributed by atoms with Gasteiger partial charge >= 0.3 is 0 Å². The first-order chi connectivity index (χ1) is 8.81. The lowest BCUT2D eigenvalue weighted by Gasteiger charge is -2.04. The van der Waals surface area contributed by atoms with Crippen LogP contribution in [0, 0.1) is 0 Å². The lowest BCUT2D eigenvalue weighted by molar-refractivity contribution is -0.120. The van der Waals surface area contributed by atoms with Crippen molar-refractivity contribution in [2.45, 2.75) is 12.8 Å². The van der Waals surface area contributed by atoms with Gasteiger partial charge in [0.25, 0.3) is 0 Å². The lowest BCUT2D eigenvalue weighted by Crippen LogP contribution is -2.28. The molecule has 0 bridgehead atoms. The summed E-state index contributed by atoms with van der Waals surface area (Å²) in [5.41, 5.74) is 1.77. The summed E-state index contributed by atoms with van der Waals surface area (Å²) in [5, 5.41) is 14.0. The third-order valence-corrected chi connectivity index (χ3v) is 2.80. The Labute approximate surface area is 118 Å². The molecule has 1 heterocycles. The number of aromatic nitrogens is 2. The van der Waals surface area contributed by atoms with Crippen molar-refractivity contribution in [1.29, 1.82) is 0 Å². The van der Waals surface area contributed by atoms with Crippen LogP contribution in [0.5, 0.6) is 0 Å². The number of fused-ring (bicyclic) bond motifs is 1. The zero-order chi connectivity index (χ0) is 12.8. The molecule has 0 aliphatic rings. The summed E-state index contributed by atoms with van der Waals surface area (Å²) in [6.07, 6.45) is 1.28. The maximum absolute atomic E-state index is 11.7. The van der Waals surface area contributed by atoms with E-state index in [9.17, 15) is 4.79 Å². The predicted octanol–water partition coefficient (Wildman–Crippen LogP) is 1.25. The Bertz CT molecular complexity index is 526. The summed E-state index contributed by atoms with van der Waals surface area (Å²) >= 11 is 0. The van der Waals surface area contributed by atoms with Gasteiger partial charge in [-0.3, -0.25) is 9.89 Å². The van der Waals surface area contributed by atoms with Gasteiger partial charge in [-0.2, -0.15) is 5.10 Å². The maximum atomic E-state index is 11.7. The van der Waals surface area contributed by atoms with Crippen LogP contribution in [0.4, 0.5) is 0 Å². The normalized spacial score (nSPS) is 10.2. The zero-order valence-electron chi connectivity index (χ0n) is 10.9. The van der Waals surface area contributed by atoms with Crippen molar-refractivity contribution in [2.75, 3.05) is 20.1 Å². The molecule has 1 amide bonds. The van der Waals surface area contributed by atoms with Gasteiger partial charge in [-0.05, 0) is 26.1 Å². The van der Waals surface area contributed by atoms with E-state index in [1.807, 2.05) is 31.3 Å². The molecule has 0 spiro atoms. The number of nitrogens with one attached hydrogen (secondary N) is 3. The number of aromatic amines is 1. The topological polar surface area (TPSA) is 69.8 Å². The minimum atomic E-state index is 0. The predicted molar refractivity (Wildman–Crippen MR) is 78.6 cm³/mol. The molecule has 2 rings (SSSR count). The fraction of sp³-hybridized carbons (Fsp3) is 0.385. The molecule has 0 atom stereocenters. The molecule has 1 aromatic carbocycles. The van der Waals surface area contributed by atoms with E-state index in [0.29, 0.717) is 13.0 Å². The number of hydrogen-bond acceptors (Lipinski definition) is 3. The third kappa shape index (κ3) is 4.22. The Hall–Kier alpha value is -1.59. The summed E-state index contributed by atoms with van der Waals surface area (Å²) in [4.78, 5) is 11.7. The molecule has 6 heteroatoms. The number of carbonyl (C=O) groups is 1. The number of hydrogen-bond donors (Lipinski definition) is 3. The fourth-order valence-corrected chi connectivity index (χ4v) is 1.87. The van der Waals surface area contributed by atoms with E-state index >= 15 is 0 Å². The Morgan fingerprint density at radius 1 is 1.32 bits per heavy atom. The zero-order valence-corrected chi connectivity index (χ0v) is 11.7. The molecule has 104 valence electrons. The number of rotatable bonds is 6. The van der Waals surface area contributed by atoms with E-state index in [-0.39, 0.29) is 18.3 Å². The van der Waals surface area contributed by atoms with Crippen molar-refractivity contribution in [3.8, 4) is 0 Å². The summed E-state index contributed by atoms with van der Waals surface area (Å²) in [5.74, 6) is 0.0282.